The van der Waals surface area contributed by atoms with E-state index in [0.29, 0.717) is 11.5 Å². The van der Waals surface area contributed by atoms with Crippen LogP contribution in [0.15, 0.2) is 54.0 Å². The quantitative estimate of drug-likeness (QED) is 0.575. The zero-order valence-corrected chi connectivity index (χ0v) is 15.6. The summed E-state index contributed by atoms with van der Waals surface area (Å²) < 4.78 is 7.02. The molecule has 8 heteroatoms. The highest BCUT2D eigenvalue weighted by Gasteiger charge is 2.18. The van der Waals surface area contributed by atoms with Gasteiger partial charge in [0.05, 0.1) is 13.2 Å². The second-order valence-corrected chi connectivity index (χ2v) is 6.81. The van der Waals surface area contributed by atoms with Gasteiger partial charge >= 0.3 is 0 Å². The average molecular weight is 379 g/mol. The van der Waals surface area contributed by atoms with Crippen molar-refractivity contribution in [3.8, 4) is 16.3 Å². The zero-order chi connectivity index (χ0) is 18.8. The van der Waals surface area contributed by atoms with Crippen molar-refractivity contribution in [2.24, 2.45) is 0 Å². The molecule has 1 atom stereocenters. The van der Waals surface area contributed by atoms with Gasteiger partial charge < -0.3 is 10.1 Å². The molecule has 4 rings (SSSR count). The maximum atomic E-state index is 12.6. The number of rotatable bonds is 5. The van der Waals surface area contributed by atoms with Crippen molar-refractivity contribution in [3.05, 3.63) is 65.6 Å². The number of nitrogens with zero attached hydrogens (tertiary/aromatic N) is 4. The average Bonchev–Trinajstić information content (AvgIpc) is 3.35. The summed E-state index contributed by atoms with van der Waals surface area (Å²) in [5.74, 6) is 1.21. The first-order chi connectivity index (χ1) is 13.2. The van der Waals surface area contributed by atoms with E-state index in [2.05, 4.69) is 20.5 Å². The molecule has 0 aliphatic rings. The van der Waals surface area contributed by atoms with E-state index in [-0.39, 0.29) is 11.9 Å². The lowest BCUT2D eigenvalue weighted by Gasteiger charge is -2.11. The van der Waals surface area contributed by atoms with Crippen LogP contribution in [-0.2, 0) is 0 Å². The number of amides is 1. The molecule has 1 amide bonds. The SMILES string of the molecule is COc1ccc(-c2nc(C(=O)NC(C)c3nnc4ccccn34)cs2)cc1. The van der Waals surface area contributed by atoms with E-state index in [1.54, 1.807) is 12.5 Å². The van der Waals surface area contributed by atoms with E-state index in [9.17, 15) is 4.79 Å². The number of fused-ring (bicyclic) bond motifs is 1. The Morgan fingerprint density at radius 3 is 2.78 bits per heavy atom. The molecule has 1 unspecified atom stereocenters. The van der Waals surface area contributed by atoms with Crippen molar-refractivity contribution < 1.29 is 9.53 Å². The molecule has 136 valence electrons. The normalized spacial score (nSPS) is 12.1. The number of aromatic nitrogens is 4. The number of pyridine rings is 1. The van der Waals surface area contributed by atoms with Crippen LogP contribution < -0.4 is 10.1 Å². The second-order valence-electron chi connectivity index (χ2n) is 5.95. The summed E-state index contributed by atoms with van der Waals surface area (Å²) in [5.41, 5.74) is 2.06. The van der Waals surface area contributed by atoms with Crippen LogP contribution in [0.4, 0.5) is 0 Å². The summed E-state index contributed by atoms with van der Waals surface area (Å²) in [6.45, 7) is 1.87. The molecule has 0 saturated heterocycles. The molecule has 0 fully saturated rings. The predicted molar refractivity (Wildman–Crippen MR) is 103 cm³/mol. The van der Waals surface area contributed by atoms with E-state index in [0.717, 1.165) is 22.0 Å². The molecule has 0 saturated carbocycles. The highest BCUT2D eigenvalue weighted by atomic mass is 32.1. The molecule has 3 heterocycles. The maximum absolute atomic E-state index is 12.6. The van der Waals surface area contributed by atoms with Crippen LogP contribution in [0.2, 0.25) is 0 Å². The van der Waals surface area contributed by atoms with Gasteiger partial charge in [-0.3, -0.25) is 9.20 Å². The molecular weight excluding hydrogens is 362 g/mol. The van der Waals surface area contributed by atoms with Crippen LogP contribution in [-0.4, -0.2) is 32.6 Å². The van der Waals surface area contributed by atoms with Crippen LogP contribution in [0.1, 0.15) is 29.3 Å². The van der Waals surface area contributed by atoms with Gasteiger partial charge in [0.15, 0.2) is 11.5 Å². The van der Waals surface area contributed by atoms with E-state index in [1.165, 1.54) is 11.3 Å². The van der Waals surface area contributed by atoms with Crippen LogP contribution in [0, 0.1) is 0 Å². The lowest BCUT2D eigenvalue weighted by atomic mass is 10.2. The van der Waals surface area contributed by atoms with Crippen molar-refractivity contribution in [1.82, 2.24) is 24.9 Å². The first-order valence-corrected chi connectivity index (χ1v) is 9.24. The second kappa shape index (κ2) is 7.16. The lowest BCUT2D eigenvalue weighted by Crippen LogP contribution is -2.28. The van der Waals surface area contributed by atoms with E-state index in [4.69, 9.17) is 4.74 Å². The summed E-state index contributed by atoms with van der Waals surface area (Å²) in [4.78, 5) is 17.0. The first-order valence-electron chi connectivity index (χ1n) is 8.36. The van der Waals surface area contributed by atoms with Gasteiger partial charge in [0.1, 0.15) is 16.5 Å². The van der Waals surface area contributed by atoms with Crippen LogP contribution >= 0.6 is 11.3 Å². The van der Waals surface area contributed by atoms with Gasteiger partial charge in [-0.1, -0.05) is 6.07 Å². The van der Waals surface area contributed by atoms with Crippen LogP contribution in [0.3, 0.4) is 0 Å². The topological polar surface area (TPSA) is 81.4 Å². The largest absolute Gasteiger partial charge is 0.497 e. The first kappa shape index (κ1) is 17.2. The summed E-state index contributed by atoms with van der Waals surface area (Å²) in [6.07, 6.45) is 1.87. The Hall–Kier alpha value is -3.26. The van der Waals surface area contributed by atoms with Crippen molar-refractivity contribution >= 4 is 22.9 Å². The molecule has 3 aromatic heterocycles. The molecule has 0 spiro atoms. The number of methoxy groups -OCH3 is 1. The molecule has 1 aromatic carbocycles. The van der Waals surface area contributed by atoms with Gasteiger partial charge in [0.2, 0.25) is 0 Å². The Bertz CT molecular complexity index is 1090. The van der Waals surface area contributed by atoms with Gasteiger partial charge in [-0.15, -0.1) is 21.5 Å². The zero-order valence-electron chi connectivity index (χ0n) is 14.8. The number of thiazole rings is 1. The van der Waals surface area contributed by atoms with Crippen molar-refractivity contribution in [1.29, 1.82) is 0 Å². The van der Waals surface area contributed by atoms with Crippen molar-refractivity contribution in [2.75, 3.05) is 7.11 Å². The molecular formula is C19H17N5O2S. The summed E-state index contributed by atoms with van der Waals surface area (Å²) in [5, 5.41) is 13.8. The Labute approximate surface area is 159 Å². The molecule has 7 nitrogen and oxygen atoms in total. The Morgan fingerprint density at radius 1 is 1.19 bits per heavy atom. The fraction of sp³-hybridized carbons (Fsp3) is 0.158. The number of hydrogen-bond donors (Lipinski definition) is 1. The number of hydrogen-bond acceptors (Lipinski definition) is 6. The van der Waals surface area contributed by atoms with E-state index < -0.39 is 0 Å². The molecule has 4 aromatic rings. The Kier molecular flexibility index (Phi) is 4.55. The summed E-state index contributed by atoms with van der Waals surface area (Å²) in [7, 11) is 1.63. The minimum atomic E-state index is -0.305. The van der Waals surface area contributed by atoms with Gasteiger partial charge in [-0.05, 0) is 43.3 Å². The fourth-order valence-corrected chi connectivity index (χ4v) is 3.54. The summed E-state index contributed by atoms with van der Waals surface area (Å²) >= 11 is 1.43. The van der Waals surface area contributed by atoms with Gasteiger partial charge in [-0.2, -0.15) is 0 Å². The lowest BCUT2D eigenvalue weighted by molar-refractivity contribution is 0.0934. The molecule has 0 aliphatic heterocycles. The number of ether oxygens (including phenoxy) is 1. The minimum absolute atomic E-state index is 0.244. The highest BCUT2D eigenvalue weighted by molar-refractivity contribution is 7.13. The van der Waals surface area contributed by atoms with Gasteiger partial charge in [0.25, 0.3) is 5.91 Å². The number of benzene rings is 1. The highest BCUT2D eigenvalue weighted by Crippen LogP contribution is 2.26. The Balaban J connectivity index is 1.50. The maximum Gasteiger partial charge on any atom is 0.271 e. The van der Waals surface area contributed by atoms with Crippen molar-refractivity contribution in [3.63, 3.8) is 0 Å². The minimum Gasteiger partial charge on any atom is -0.497 e. The van der Waals surface area contributed by atoms with E-state index >= 15 is 0 Å². The predicted octanol–water partition coefficient (Wildman–Crippen LogP) is 3.35. The third-order valence-electron chi connectivity index (χ3n) is 4.15. The smallest absolute Gasteiger partial charge is 0.271 e. The van der Waals surface area contributed by atoms with Gasteiger partial charge in [-0.25, -0.2) is 4.98 Å². The fourth-order valence-electron chi connectivity index (χ4n) is 2.73. The molecule has 27 heavy (non-hydrogen) atoms. The number of carbonyl (C=O) groups excluding carboxylic acids is 1. The molecule has 0 bridgehead atoms. The third kappa shape index (κ3) is 3.39. The molecule has 1 N–H and O–H groups in total. The third-order valence-corrected chi connectivity index (χ3v) is 5.04. The molecule has 0 aliphatic carbocycles. The van der Waals surface area contributed by atoms with Gasteiger partial charge in [0, 0.05) is 17.1 Å². The summed E-state index contributed by atoms with van der Waals surface area (Å²) in [6, 6.07) is 12.9. The number of nitrogens with one attached hydrogen (secondary N) is 1. The number of carbonyl (C=O) groups is 1. The Morgan fingerprint density at radius 2 is 2.00 bits per heavy atom. The molecule has 0 radical (unpaired) electrons. The monoisotopic (exact) mass is 379 g/mol. The van der Waals surface area contributed by atoms with Crippen molar-refractivity contribution in [2.45, 2.75) is 13.0 Å². The van der Waals surface area contributed by atoms with Crippen LogP contribution in [0.5, 0.6) is 5.75 Å². The standard InChI is InChI=1S/C19H17N5O2S/c1-12(17-23-22-16-5-3-4-10-24(16)17)20-18(25)15-11-27-19(21-15)13-6-8-14(26-2)9-7-13/h3-12H,1-2H3,(H,20,25). The van der Waals surface area contributed by atoms with Crippen LogP contribution in [0.25, 0.3) is 16.2 Å². The van der Waals surface area contributed by atoms with E-state index in [1.807, 2.05) is 60.0 Å².